The van der Waals surface area contributed by atoms with E-state index in [1.807, 2.05) is 17.5 Å². The number of benzene rings is 1. The van der Waals surface area contributed by atoms with E-state index in [9.17, 15) is 0 Å². The highest BCUT2D eigenvalue weighted by Crippen LogP contribution is 2.23. The summed E-state index contributed by atoms with van der Waals surface area (Å²) in [6.45, 7) is 5.96. The van der Waals surface area contributed by atoms with E-state index in [-0.39, 0.29) is 0 Å². The molecule has 0 radical (unpaired) electrons. The van der Waals surface area contributed by atoms with E-state index < -0.39 is 0 Å². The summed E-state index contributed by atoms with van der Waals surface area (Å²) in [5.41, 5.74) is 1.38. The van der Waals surface area contributed by atoms with Crippen molar-refractivity contribution < 1.29 is 4.42 Å². The maximum Gasteiger partial charge on any atom is 0.257 e. The Morgan fingerprint density at radius 2 is 1.62 bits per heavy atom. The lowest BCUT2D eigenvalue weighted by Crippen LogP contribution is -2.45. The summed E-state index contributed by atoms with van der Waals surface area (Å²) >= 11 is 1.62. The molecule has 5 nitrogen and oxygen atoms in total. The number of hydrogen-bond donors (Lipinski definition) is 0. The lowest BCUT2D eigenvalue weighted by Gasteiger charge is -2.33. The highest BCUT2D eigenvalue weighted by Gasteiger charge is 2.19. The van der Waals surface area contributed by atoms with E-state index in [4.69, 9.17) is 4.42 Å². The van der Waals surface area contributed by atoms with Gasteiger partial charge in [0, 0.05) is 32.7 Å². The SMILES string of the molecule is c1ccc(CN2CCN(Cc3nnc(-c4cccs4)o3)CC2)cc1. The van der Waals surface area contributed by atoms with E-state index in [1.54, 1.807) is 11.3 Å². The number of piperazine rings is 1. The first-order chi connectivity index (χ1) is 11.9. The average Bonchev–Trinajstić information content (AvgIpc) is 3.29. The number of nitrogens with zero attached hydrogens (tertiary/aromatic N) is 4. The summed E-state index contributed by atoms with van der Waals surface area (Å²) in [5.74, 6) is 1.33. The second-order valence-electron chi connectivity index (χ2n) is 6.02. The Bertz CT molecular complexity index is 748. The van der Waals surface area contributed by atoms with Crippen LogP contribution in [0.2, 0.25) is 0 Å². The number of aromatic nitrogens is 2. The van der Waals surface area contributed by atoms with Crippen LogP contribution >= 0.6 is 11.3 Å². The monoisotopic (exact) mass is 340 g/mol. The van der Waals surface area contributed by atoms with E-state index in [2.05, 4.69) is 50.3 Å². The van der Waals surface area contributed by atoms with Crippen LogP contribution in [0.1, 0.15) is 11.5 Å². The maximum absolute atomic E-state index is 5.79. The van der Waals surface area contributed by atoms with Gasteiger partial charge < -0.3 is 4.42 Å². The molecule has 0 N–H and O–H groups in total. The van der Waals surface area contributed by atoms with Gasteiger partial charge >= 0.3 is 0 Å². The molecule has 24 heavy (non-hydrogen) atoms. The van der Waals surface area contributed by atoms with Crippen LogP contribution in [-0.4, -0.2) is 46.2 Å². The van der Waals surface area contributed by atoms with Gasteiger partial charge in [0.1, 0.15) is 0 Å². The molecule has 0 amide bonds. The fourth-order valence-electron chi connectivity index (χ4n) is 2.96. The third-order valence-electron chi connectivity index (χ3n) is 4.27. The van der Waals surface area contributed by atoms with Gasteiger partial charge in [0.15, 0.2) is 0 Å². The summed E-state index contributed by atoms with van der Waals surface area (Å²) in [7, 11) is 0. The normalized spacial score (nSPS) is 16.5. The molecule has 1 aromatic carbocycles. The molecule has 0 spiro atoms. The Morgan fingerprint density at radius 3 is 2.33 bits per heavy atom. The predicted octanol–water partition coefficient (Wildman–Crippen LogP) is 3.12. The fraction of sp³-hybridized carbons (Fsp3) is 0.333. The molecule has 0 unspecified atom stereocenters. The van der Waals surface area contributed by atoms with Crippen LogP contribution in [-0.2, 0) is 13.1 Å². The third-order valence-corrected chi connectivity index (χ3v) is 5.13. The van der Waals surface area contributed by atoms with Gasteiger partial charge in [-0.1, -0.05) is 36.4 Å². The van der Waals surface area contributed by atoms with Gasteiger partial charge in [0.05, 0.1) is 11.4 Å². The zero-order chi connectivity index (χ0) is 16.2. The summed E-state index contributed by atoms with van der Waals surface area (Å²) < 4.78 is 5.79. The Kier molecular flexibility index (Phi) is 4.69. The summed E-state index contributed by atoms with van der Waals surface area (Å²) in [6.07, 6.45) is 0. The largest absolute Gasteiger partial charge is 0.419 e. The molecule has 124 valence electrons. The van der Waals surface area contributed by atoms with Crippen LogP contribution in [0.5, 0.6) is 0 Å². The zero-order valence-electron chi connectivity index (χ0n) is 13.5. The molecule has 0 bridgehead atoms. The van der Waals surface area contributed by atoms with Gasteiger partial charge in [-0.15, -0.1) is 21.5 Å². The Morgan fingerprint density at radius 1 is 0.875 bits per heavy atom. The fourth-order valence-corrected chi connectivity index (χ4v) is 3.60. The molecule has 3 heterocycles. The molecule has 1 fully saturated rings. The lowest BCUT2D eigenvalue weighted by molar-refractivity contribution is 0.114. The van der Waals surface area contributed by atoms with Crippen molar-refractivity contribution >= 4 is 11.3 Å². The zero-order valence-corrected chi connectivity index (χ0v) is 14.3. The minimum absolute atomic E-state index is 0.628. The van der Waals surface area contributed by atoms with Gasteiger partial charge in [0.2, 0.25) is 5.89 Å². The highest BCUT2D eigenvalue weighted by molar-refractivity contribution is 7.13. The molecule has 1 aliphatic heterocycles. The molecular weight excluding hydrogens is 320 g/mol. The van der Waals surface area contributed by atoms with Gasteiger partial charge in [-0.2, -0.15) is 0 Å². The number of hydrogen-bond acceptors (Lipinski definition) is 6. The maximum atomic E-state index is 5.79. The predicted molar refractivity (Wildman–Crippen MR) is 94.6 cm³/mol. The van der Waals surface area contributed by atoms with Gasteiger partial charge in [0.25, 0.3) is 5.89 Å². The van der Waals surface area contributed by atoms with E-state index >= 15 is 0 Å². The Balaban J connectivity index is 1.29. The molecule has 0 atom stereocenters. The van der Waals surface area contributed by atoms with Crippen LogP contribution in [0.15, 0.2) is 52.3 Å². The van der Waals surface area contributed by atoms with Crippen molar-refractivity contribution in [2.45, 2.75) is 13.1 Å². The summed E-state index contributed by atoms with van der Waals surface area (Å²) in [4.78, 5) is 5.91. The smallest absolute Gasteiger partial charge is 0.257 e. The molecule has 6 heteroatoms. The molecule has 1 saturated heterocycles. The van der Waals surface area contributed by atoms with Crippen LogP contribution in [0.25, 0.3) is 10.8 Å². The van der Waals surface area contributed by atoms with Gasteiger partial charge in [-0.05, 0) is 17.0 Å². The van der Waals surface area contributed by atoms with Crippen molar-refractivity contribution in [3.8, 4) is 10.8 Å². The minimum atomic E-state index is 0.628. The minimum Gasteiger partial charge on any atom is -0.419 e. The van der Waals surface area contributed by atoms with Crippen molar-refractivity contribution in [2.24, 2.45) is 0 Å². The molecular formula is C18H20N4OS. The standard InChI is InChI=1S/C18H20N4OS/c1-2-5-15(6-3-1)13-21-8-10-22(11-9-21)14-17-19-20-18(23-17)16-7-4-12-24-16/h1-7,12H,8-11,13-14H2. The van der Waals surface area contributed by atoms with Gasteiger partial charge in [-0.3, -0.25) is 9.80 Å². The van der Waals surface area contributed by atoms with Crippen LogP contribution < -0.4 is 0 Å². The topological polar surface area (TPSA) is 45.4 Å². The summed E-state index contributed by atoms with van der Waals surface area (Å²) in [6, 6.07) is 14.7. The van der Waals surface area contributed by atoms with E-state index in [0.717, 1.165) is 44.1 Å². The van der Waals surface area contributed by atoms with Crippen LogP contribution in [0, 0.1) is 0 Å². The first kappa shape index (κ1) is 15.5. The first-order valence-corrected chi connectivity index (χ1v) is 9.10. The molecule has 4 rings (SSSR count). The molecule has 0 saturated carbocycles. The lowest BCUT2D eigenvalue weighted by atomic mass is 10.2. The van der Waals surface area contributed by atoms with Crippen molar-refractivity contribution in [1.82, 2.24) is 20.0 Å². The average molecular weight is 340 g/mol. The third kappa shape index (κ3) is 3.72. The molecule has 1 aliphatic rings. The van der Waals surface area contributed by atoms with E-state index in [0.29, 0.717) is 11.8 Å². The van der Waals surface area contributed by atoms with Crippen LogP contribution in [0.3, 0.4) is 0 Å². The Hall–Kier alpha value is -2.02. The van der Waals surface area contributed by atoms with Crippen molar-refractivity contribution in [1.29, 1.82) is 0 Å². The molecule has 0 aliphatic carbocycles. The van der Waals surface area contributed by atoms with Crippen molar-refractivity contribution in [3.63, 3.8) is 0 Å². The van der Waals surface area contributed by atoms with Crippen molar-refractivity contribution in [3.05, 3.63) is 59.3 Å². The van der Waals surface area contributed by atoms with Crippen LogP contribution in [0.4, 0.5) is 0 Å². The Labute approximate surface area is 145 Å². The summed E-state index contributed by atoms with van der Waals surface area (Å²) in [5, 5.41) is 10.4. The molecule has 2 aromatic heterocycles. The second-order valence-corrected chi connectivity index (χ2v) is 6.96. The second kappa shape index (κ2) is 7.25. The molecule has 3 aromatic rings. The quantitative estimate of drug-likeness (QED) is 0.714. The van der Waals surface area contributed by atoms with Gasteiger partial charge in [-0.25, -0.2) is 0 Å². The highest BCUT2D eigenvalue weighted by atomic mass is 32.1. The van der Waals surface area contributed by atoms with E-state index in [1.165, 1.54) is 5.56 Å². The number of rotatable bonds is 5. The van der Waals surface area contributed by atoms with Crippen molar-refractivity contribution in [2.75, 3.05) is 26.2 Å². The first-order valence-electron chi connectivity index (χ1n) is 8.22. The number of thiophene rings is 1.